The maximum absolute atomic E-state index is 5.36. The second kappa shape index (κ2) is 5.81. The highest BCUT2D eigenvalue weighted by atomic mass is 16.5. The minimum Gasteiger partial charge on any atom is -0.381 e. The fourth-order valence-corrected chi connectivity index (χ4v) is 1.61. The molecule has 0 aromatic heterocycles. The first-order valence-electron chi connectivity index (χ1n) is 5.18. The van der Waals surface area contributed by atoms with E-state index < -0.39 is 0 Å². The molecule has 0 amide bonds. The Hall–Kier alpha value is -0.830. The van der Waals surface area contributed by atoms with E-state index in [0.29, 0.717) is 5.92 Å². The van der Waals surface area contributed by atoms with Crippen LogP contribution < -0.4 is 0 Å². The van der Waals surface area contributed by atoms with Crippen LogP contribution in [0.1, 0.15) is 20.3 Å². The Kier molecular flexibility index (Phi) is 4.66. The largest absolute Gasteiger partial charge is 0.381 e. The maximum Gasteiger partial charge on any atom is 0.0993 e. The molecule has 3 heteroatoms. The molecular formula is C11H20N2O. The van der Waals surface area contributed by atoms with Gasteiger partial charge < -0.3 is 9.64 Å². The van der Waals surface area contributed by atoms with E-state index in [4.69, 9.17) is 4.74 Å². The van der Waals surface area contributed by atoms with Gasteiger partial charge in [0.05, 0.1) is 12.4 Å². The number of ether oxygens (including phenoxy) is 1. The molecule has 0 spiro atoms. The molecular weight excluding hydrogens is 176 g/mol. The van der Waals surface area contributed by atoms with E-state index in [1.807, 2.05) is 27.0 Å². The molecule has 1 heterocycles. The monoisotopic (exact) mass is 196 g/mol. The molecule has 0 bridgehead atoms. The quantitative estimate of drug-likeness (QED) is 0.509. The van der Waals surface area contributed by atoms with Crippen LogP contribution >= 0.6 is 0 Å². The second-order valence-electron chi connectivity index (χ2n) is 3.64. The summed E-state index contributed by atoms with van der Waals surface area (Å²) in [7, 11) is 1.83. The third kappa shape index (κ3) is 3.14. The summed E-state index contributed by atoms with van der Waals surface area (Å²) >= 11 is 0. The third-order valence-corrected chi connectivity index (χ3v) is 2.55. The van der Waals surface area contributed by atoms with Crippen molar-refractivity contribution >= 4 is 5.84 Å². The lowest BCUT2D eigenvalue weighted by atomic mass is 10.1. The lowest BCUT2D eigenvalue weighted by Gasteiger charge is -2.22. The van der Waals surface area contributed by atoms with Crippen molar-refractivity contribution in [1.29, 1.82) is 0 Å². The molecule has 0 aliphatic carbocycles. The van der Waals surface area contributed by atoms with Gasteiger partial charge in [-0.15, -0.1) is 0 Å². The zero-order valence-corrected chi connectivity index (χ0v) is 9.36. The molecule has 1 aliphatic heterocycles. The van der Waals surface area contributed by atoms with E-state index in [2.05, 4.69) is 16.1 Å². The molecule has 1 rings (SSSR count). The number of hydrogen-bond donors (Lipinski definition) is 0. The Labute approximate surface area is 86.5 Å². The van der Waals surface area contributed by atoms with Gasteiger partial charge in [-0.25, -0.2) is 0 Å². The number of nitrogens with zero attached hydrogens (tertiary/aromatic N) is 2. The lowest BCUT2D eigenvalue weighted by molar-refractivity contribution is 0.182. The van der Waals surface area contributed by atoms with Crippen LogP contribution in [0.3, 0.4) is 0 Å². The number of hydrogen-bond acceptors (Lipinski definition) is 2. The summed E-state index contributed by atoms with van der Waals surface area (Å²) in [5, 5.41) is 0. The summed E-state index contributed by atoms with van der Waals surface area (Å²) in [5.74, 6) is 1.72. The number of rotatable bonds is 3. The second-order valence-corrected chi connectivity index (χ2v) is 3.64. The third-order valence-electron chi connectivity index (χ3n) is 2.55. The van der Waals surface area contributed by atoms with Crippen LogP contribution in [0.5, 0.6) is 0 Å². The zero-order chi connectivity index (χ0) is 10.4. The molecule has 0 aromatic rings. The Bertz CT molecular complexity index is 217. The van der Waals surface area contributed by atoms with Gasteiger partial charge in [-0.05, 0) is 20.3 Å². The first kappa shape index (κ1) is 11.2. The van der Waals surface area contributed by atoms with E-state index in [9.17, 15) is 0 Å². The Balaban J connectivity index is 2.50. The van der Waals surface area contributed by atoms with Gasteiger partial charge >= 0.3 is 0 Å². The van der Waals surface area contributed by atoms with Crippen LogP contribution in [0.25, 0.3) is 0 Å². The molecule has 14 heavy (non-hydrogen) atoms. The maximum atomic E-state index is 5.36. The highest BCUT2D eigenvalue weighted by molar-refractivity contribution is 5.80. The van der Waals surface area contributed by atoms with Gasteiger partial charge in [0.15, 0.2) is 0 Å². The molecule has 0 radical (unpaired) electrons. The Morgan fingerprint density at radius 3 is 2.93 bits per heavy atom. The lowest BCUT2D eigenvalue weighted by Crippen LogP contribution is -2.29. The Morgan fingerprint density at radius 2 is 2.43 bits per heavy atom. The predicted octanol–water partition coefficient (Wildman–Crippen LogP) is 1.91. The number of aliphatic imine (C=N–C) groups is 1. The fraction of sp³-hybridized carbons (Fsp3) is 0.727. The summed E-state index contributed by atoms with van der Waals surface area (Å²) < 4.78 is 5.36. The van der Waals surface area contributed by atoms with Crippen LogP contribution in [-0.4, -0.2) is 37.5 Å². The van der Waals surface area contributed by atoms with Crippen molar-refractivity contribution in [3.8, 4) is 0 Å². The Morgan fingerprint density at radius 1 is 1.64 bits per heavy atom. The van der Waals surface area contributed by atoms with Crippen molar-refractivity contribution in [2.75, 3.05) is 26.8 Å². The molecule has 1 fully saturated rings. The van der Waals surface area contributed by atoms with Gasteiger partial charge in [0.1, 0.15) is 0 Å². The van der Waals surface area contributed by atoms with Crippen LogP contribution in [0.15, 0.2) is 17.3 Å². The topological polar surface area (TPSA) is 24.8 Å². The molecule has 0 saturated carbocycles. The molecule has 1 aliphatic rings. The molecule has 3 nitrogen and oxygen atoms in total. The number of allylic oxidation sites excluding steroid dienone is 1. The van der Waals surface area contributed by atoms with Gasteiger partial charge in [-0.3, -0.25) is 4.99 Å². The van der Waals surface area contributed by atoms with Crippen LogP contribution in [0, 0.1) is 5.92 Å². The fourth-order valence-electron chi connectivity index (χ4n) is 1.61. The summed E-state index contributed by atoms with van der Waals surface area (Å²) in [6.45, 7) is 6.89. The average molecular weight is 196 g/mol. The zero-order valence-electron chi connectivity index (χ0n) is 9.36. The van der Waals surface area contributed by atoms with Crippen molar-refractivity contribution in [3.05, 3.63) is 12.3 Å². The van der Waals surface area contributed by atoms with Gasteiger partial charge in [-0.1, -0.05) is 6.08 Å². The van der Waals surface area contributed by atoms with Gasteiger partial charge in [0.25, 0.3) is 0 Å². The van der Waals surface area contributed by atoms with Crippen molar-refractivity contribution < 1.29 is 4.74 Å². The highest BCUT2D eigenvalue weighted by Gasteiger charge is 2.18. The average Bonchev–Trinajstić information content (AvgIpc) is 2.68. The van der Waals surface area contributed by atoms with Crippen LogP contribution in [0.4, 0.5) is 0 Å². The van der Waals surface area contributed by atoms with Crippen LogP contribution in [0.2, 0.25) is 0 Å². The highest BCUT2D eigenvalue weighted by Crippen LogP contribution is 2.14. The van der Waals surface area contributed by atoms with E-state index >= 15 is 0 Å². The molecule has 0 N–H and O–H groups in total. The minimum atomic E-state index is 0.655. The minimum absolute atomic E-state index is 0.655. The van der Waals surface area contributed by atoms with Gasteiger partial charge in [0, 0.05) is 32.3 Å². The van der Waals surface area contributed by atoms with Crippen molar-refractivity contribution in [2.45, 2.75) is 20.3 Å². The first-order valence-corrected chi connectivity index (χ1v) is 5.18. The molecule has 1 unspecified atom stereocenters. The van der Waals surface area contributed by atoms with E-state index in [0.717, 1.165) is 25.6 Å². The van der Waals surface area contributed by atoms with Crippen molar-refractivity contribution in [1.82, 2.24) is 4.90 Å². The van der Waals surface area contributed by atoms with E-state index in [-0.39, 0.29) is 0 Å². The standard InChI is InChI=1S/C11H20N2O/c1-4-6-13(10(2)12-3)8-11-5-7-14-9-11/h4,6,11H,5,7-9H2,1-3H3. The molecule has 80 valence electrons. The summed E-state index contributed by atoms with van der Waals surface area (Å²) in [6.07, 6.45) is 5.30. The van der Waals surface area contributed by atoms with Gasteiger partial charge in [-0.2, -0.15) is 0 Å². The van der Waals surface area contributed by atoms with Crippen molar-refractivity contribution in [3.63, 3.8) is 0 Å². The molecule has 0 aromatic carbocycles. The SMILES string of the molecule is CC=CN(CC1CCOC1)C(C)=NC. The molecule has 1 saturated heterocycles. The number of amidine groups is 1. The van der Waals surface area contributed by atoms with Gasteiger partial charge in [0.2, 0.25) is 0 Å². The summed E-state index contributed by atoms with van der Waals surface area (Å²) in [5.41, 5.74) is 0. The summed E-state index contributed by atoms with van der Waals surface area (Å²) in [6, 6.07) is 0. The van der Waals surface area contributed by atoms with E-state index in [1.54, 1.807) is 0 Å². The smallest absolute Gasteiger partial charge is 0.0993 e. The normalized spacial score (nSPS) is 23.4. The summed E-state index contributed by atoms with van der Waals surface area (Å²) in [4.78, 5) is 6.39. The van der Waals surface area contributed by atoms with Crippen molar-refractivity contribution in [2.24, 2.45) is 10.9 Å². The molecule has 1 atom stereocenters. The predicted molar refractivity (Wildman–Crippen MR) is 59.5 cm³/mol. The first-order chi connectivity index (χ1) is 6.77. The van der Waals surface area contributed by atoms with Crippen LogP contribution in [-0.2, 0) is 4.74 Å². The van der Waals surface area contributed by atoms with E-state index in [1.165, 1.54) is 6.42 Å².